The molecular weight excluding hydrogens is 392 g/mol. The number of Topliss-reactive ketones (excluding diaryl/α,β-unsaturated/α-hetero) is 1. The second-order valence-corrected chi connectivity index (χ2v) is 6.92. The number of hydrogen-bond donors (Lipinski definition) is 2. The molecule has 4 rings (SSSR count). The number of phenolic OH excluding ortho intramolecular Hbond substituents is 1. The fraction of sp³-hybridized carbons (Fsp3) is 0.0455. The number of halogens is 1. The Morgan fingerprint density at radius 1 is 1.00 bits per heavy atom. The van der Waals surface area contributed by atoms with E-state index in [4.69, 9.17) is 11.6 Å². The van der Waals surface area contributed by atoms with Gasteiger partial charge in [0.05, 0.1) is 11.6 Å². The summed E-state index contributed by atoms with van der Waals surface area (Å²) in [5.41, 5.74) is 1.16. The zero-order valence-corrected chi connectivity index (χ0v) is 15.7. The Balaban J connectivity index is 1.97. The Bertz CT molecular complexity index is 1140. The highest BCUT2D eigenvalue weighted by Crippen LogP contribution is 2.43. The Hall–Kier alpha value is -3.64. The van der Waals surface area contributed by atoms with Gasteiger partial charge in [-0.2, -0.15) is 0 Å². The predicted molar refractivity (Wildman–Crippen MR) is 109 cm³/mol. The van der Waals surface area contributed by atoms with Gasteiger partial charge < -0.3 is 10.2 Å². The van der Waals surface area contributed by atoms with Crippen molar-refractivity contribution >= 4 is 34.7 Å². The van der Waals surface area contributed by atoms with Crippen molar-refractivity contribution in [2.24, 2.45) is 0 Å². The highest BCUT2D eigenvalue weighted by Gasteiger charge is 2.47. The van der Waals surface area contributed by atoms with Gasteiger partial charge in [0.1, 0.15) is 11.5 Å². The molecule has 1 aliphatic heterocycles. The Morgan fingerprint density at radius 2 is 1.72 bits per heavy atom. The van der Waals surface area contributed by atoms with E-state index in [9.17, 15) is 19.8 Å². The molecule has 6 nitrogen and oxygen atoms in total. The van der Waals surface area contributed by atoms with Crippen LogP contribution in [0.5, 0.6) is 5.75 Å². The number of aliphatic hydroxyl groups is 1. The molecule has 1 atom stereocenters. The molecule has 2 N–H and O–H groups in total. The number of rotatable bonds is 3. The molecule has 144 valence electrons. The van der Waals surface area contributed by atoms with Gasteiger partial charge in [-0.1, -0.05) is 29.8 Å². The number of carbonyl (C=O) groups is 2. The SMILES string of the molecule is O=C1C(=O)N(c2cccc(Cl)c2)C(c2cccc(O)c2)/C1=C(\O)c1ccncc1. The van der Waals surface area contributed by atoms with E-state index in [2.05, 4.69) is 4.98 Å². The van der Waals surface area contributed by atoms with Crippen molar-refractivity contribution < 1.29 is 19.8 Å². The Morgan fingerprint density at radius 3 is 2.41 bits per heavy atom. The van der Waals surface area contributed by atoms with E-state index in [1.807, 2.05) is 0 Å². The molecule has 2 heterocycles. The molecule has 1 fully saturated rings. The molecule has 1 amide bonds. The molecular formula is C22H15ClN2O4. The van der Waals surface area contributed by atoms with Crippen molar-refractivity contribution in [1.82, 2.24) is 4.98 Å². The molecule has 1 unspecified atom stereocenters. The molecule has 3 aromatic rings. The van der Waals surface area contributed by atoms with Crippen LogP contribution in [0.25, 0.3) is 5.76 Å². The Kier molecular flexibility index (Phi) is 4.78. The van der Waals surface area contributed by atoms with Crippen molar-refractivity contribution in [2.75, 3.05) is 4.90 Å². The average molecular weight is 407 g/mol. The number of carbonyl (C=O) groups excluding carboxylic acids is 2. The number of aliphatic hydroxyl groups excluding tert-OH is 1. The normalized spacial score (nSPS) is 18.2. The second-order valence-electron chi connectivity index (χ2n) is 6.48. The number of ketones is 1. The topological polar surface area (TPSA) is 90.7 Å². The van der Waals surface area contributed by atoms with Gasteiger partial charge in [-0.15, -0.1) is 0 Å². The minimum absolute atomic E-state index is 0.0249. The molecule has 29 heavy (non-hydrogen) atoms. The highest BCUT2D eigenvalue weighted by molar-refractivity contribution is 6.51. The predicted octanol–water partition coefficient (Wildman–Crippen LogP) is 4.07. The van der Waals surface area contributed by atoms with Crippen LogP contribution in [0, 0.1) is 0 Å². The number of nitrogens with zero attached hydrogens (tertiary/aromatic N) is 2. The quantitative estimate of drug-likeness (QED) is 0.389. The largest absolute Gasteiger partial charge is 0.508 e. The second kappa shape index (κ2) is 7.41. The fourth-order valence-electron chi connectivity index (χ4n) is 3.40. The zero-order chi connectivity index (χ0) is 20.5. The zero-order valence-electron chi connectivity index (χ0n) is 15.0. The van der Waals surface area contributed by atoms with Gasteiger partial charge in [0.2, 0.25) is 0 Å². The van der Waals surface area contributed by atoms with Crippen LogP contribution in [0.3, 0.4) is 0 Å². The van der Waals surface area contributed by atoms with Gasteiger partial charge >= 0.3 is 0 Å². The number of anilines is 1. The smallest absolute Gasteiger partial charge is 0.300 e. The van der Waals surface area contributed by atoms with Crippen LogP contribution in [0.1, 0.15) is 17.2 Å². The first-order chi connectivity index (χ1) is 14.0. The van der Waals surface area contributed by atoms with Crippen molar-refractivity contribution in [3.05, 3.63) is 94.8 Å². The first-order valence-electron chi connectivity index (χ1n) is 8.73. The monoisotopic (exact) mass is 406 g/mol. The summed E-state index contributed by atoms with van der Waals surface area (Å²) in [6, 6.07) is 14.9. The summed E-state index contributed by atoms with van der Waals surface area (Å²) in [6.45, 7) is 0. The number of benzene rings is 2. The molecule has 0 bridgehead atoms. The van der Waals surface area contributed by atoms with Gasteiger partial charge in [0.15, 0.2) is 0 Å². The minimum atomic E-state index is -0.936. The molecule has 1 aliphatic rings. The standard InChI is InChI=1S/C22H15ClN2O4/c23-15-4-2-5-16(12-15)25-19(14-3-1-6-17(26)11-14)18(21(28)22(25)29)20(27)13-7-9-24-10-8-13/h1-12,19,26-27H/b20-18+. The molecule has 1 aromatic heterocycles. The summed E-state index contributed by atoms with van der Waals surface area (Å²) in [5.74, 6) is -1.96. The van der Waals surface area contributed by atoms with Crippen molar-refractivity contribution in [2.45, 2.75) is 6.04 Å². The maximum atomic E-state index is 12.9. The first kappa shape index (κ1) is 18.7. The fourth-order valence-corrected chi connectivity index (χ4v) is 3.58. The maximum absolute atomic E-state index is 12.9. The van der Waals surface area contributed by atoms with Crippen molar-refractivity contribution in [3.63, 3.8) is 0 Å². The number of aromatic nitrogens is 1. The molecule has 1 saturated heterocycles. The van der Waals surface area contributed by atoms with Crippen molar-refractivity contribution in [1.29, 1.82) is 0 Å². The summed E-state index contributed by atoms with van der Waals surface area (Å²) >= 11 is 6.09. The van der Waals surface area contributed by atoms with Gasteiger partial charge in [-0.25, -0.2) is 0 Å². The number of amides is 1. The molecule has 0 spiro atoms. The van der Waals surface area contributed by atoms with Crippen LogP contribution < -0.4 is 4.90 Å². The average Bonchev–Trinajstić information content (AvgIpc) is 2.99. The maximum Gasteiger partial charge on any atom is 0.300 e. The summed E-state index contributed by atoms with van der Waals surface area (Å²) in [5, 5.41) is 21.2. The van der Waals surface area contributed by atoms with E-state index in [-0.39, 0.29) is 17.1 Å². The number of aromatic hydroxyl groups is 1. The molecule has 0 radical (unpaired) electrons. The van der Waals surface area contributed by atoms with Crippen LogP contribution in [0.15, 0.2) is 78.6 Å². The first-order valence-corrected chi connectivity index (χ1v) is 9.11. The van der Waals surface area contributed by atoms with Crippen LogP contribution in [-0.2, 0) is 9.59 Å². The lowest BCUT2D eigenvalue weighted by Crippen LogP contribution is -2.29. The lowest BCUT2D eigenvalue weighted by Gasteiger charge is -2.25. The third kappa shape index (κ3) is 3.34. The van der Waals surface area contributed by atoms with E-state index >= 15 is 0 Å². The molecule has 0 saturated carbocycles. The minimum Gasteiger partial charge on any atom is -0.508 e. The Labute approximate surface area is 171 Å². The number of hydrogen-bond acceptors (Lipinski definition) is 5. The summed E-state index contributed by atoms with van der Waals surface area (Å²) < 4.78 is 0. The van der Waals surface area contributed by atoms with Crippen LogP contribution in [0.4, 0.5) is 5.69 Å². The van der Waals surface area contributed by atoms with Gasteiger partial charge in [0.25, 0.3) is 11.7 Å². The molecule has 7 heteroatoms. The molecule has 2 aromatic carbocycles. The lowest BCUT2D eigenvalue weighted by atomic mass is 9.95. The lowest BCUT2D eigenvalue weighted by molar-refractivity contribution is -0.132. The third-order valence-electron chi connectivity index (χ3n) is 4.67. The number of phenols is 1. The van der Waals surface area contributed by atoms with E-state index in [0.29, 0.717) is 21.8 Å². The van der Waals surface area contributed by atoms with E-state index in [0.717, 1.165) is 0 Å². The summed E-state index contributed by atoms with van der Waals surface area (Å²) in [7, 11) is 0. The number of pyridine rings is 1. The summed E-state index contributed by atoms with van der Waals surface area (Å²) in [4.78, 5) is 31.1. The van der Waals surface area contributed by atoms with E-state index in [1.165, 1.54) is 29.4 Å². The molecule has 0 aliphatic carbocycles. The van der Waals surface area contributed by atoms with Crippen LogP contribution in [0.2, 0.25) is 5.02 Å². The van der Waals surface area contributed by atoms with E-state index in [1.54, 1.807) is 48.5 Å². The van der Waals surface area contributed by atoms with Gasteiger partial charge in [0, 0.05) is 28.7 Å². The van der Waals surface area contributed by atoms with Crippen LogP contribution >= 0.6 is 11.6 Å². The third-order valence-corrected chi connectivity index (χ3v) is 4.91. The highest BCUT2D eigenvalue weighted by atomic mass is 35.5. The summed E-state index contributed by atoms with van der Waals surface area (Å²) in [6.07, 6.45) is 2.96. The van der Waals surface area contributed by atoms with E-state index < -0.39 is 17.7 Å². The van der Waals surface area contributed by atoms with Gasteiger partial charge in [-0.3, -0.25) is 19.5 Å². The van der Waals surface area contributed by atoms with Crippen molar-refractivity contribution in [3.8, 4) is 5.75 Å². The van der Waals surface area contributed by atoms with Gasteiger partial charge in [-0.05, 0) is 48.0 Å². The van der Waals surface area contributed by atoms with Crippen LogP contribution in [-0.4, -0.2) is 26.9 Å².